The number of carbonyl (C=O) groups excluding carboxylic acids is 1. The Kier molecular flexibility index (Phi) is 3.87. The largest absolute Gasteiger partial charge is 0.333 e. The van der Waals surface area contributed by atoms with Gasteiger partial charge in [0.05, 0.1) is 11.9 Å². The van der Waals surface area contributed by atoms with Crippen molar-refractivity contribution < 1.29 is 4.79 Å². The second kappa shape index (κ2) is 6.19. The van der Waals surface area contributed by atoms with Crippen molar-refractivity contribution in [2.75, 3.05) is 6.54 Å². The van der Waals surface area contributed by atoms with Gasteiger partial charge in [-0.2, -0.15) is 10.2 Å². The van der Waals surface area contributed by atoms with Crippen LogP contribution >= 0.6 is 0 Å². The molecule has 0 saturated heterocycles. The summed E-state index contributed by atoms with van der Waals surface area (Å²) in [5, 5.41) is 8.62. The van der Waals surface area contributed by atoms with Crippen molar-refractivity contribution in [2.45, 2.75) is 32.5 Å². The number of amides is 1. The molecule has 4 heterocycles. The molecule has 4 rings (SSSR count). The van der Waals surface area contributed by atoms with Gasteiger partial charge in [0.25, 0.3) is 0 Å². The zero-order chi connectivity index (χ0) is 17.4. The molecule has 0 saturated carbocycles. The van der Waals surface area contributed by atoms with Crippen LogP contribution in [0, 0.1) is 6.92 Å². The van der Waals surface area contributed by atoms with Crippen LogP contribution in [0.4, 0.5) is 0 Å². The van der Waals surface area contributed by atoms with Gasteiger partial charge in [-0.05, 0) is 19.4 Å². The molecule has 1 atom stereocenters. The third-order valence-electron chi connectivity index (χ3n) is 4.53. The zero-order valence-electron chi connectivity index (χ0n) is 14.4. The number of imidazole rings is 1. The number of fused-ring (bicyclic) bond motifs is 1. The van der Waals surface area contributed by atoms with Crippen LogP contribution in [0.5, 0.6) is 0 Å². The minimum atomic E-state index is -0.227. The second-order valence-corrected chi connectivity index (χ2v) is 6.42. The lowest BCUT2D eigenvalue weighted by Crippen LogP contribution is -2.38. The molecule has 8 nitrogen and oxygen atoms in total. The third-order valence-corrected chi connectivity index (χ3v) is 4.53. The van der Waals surface area contributed by atoms with E-state index in [2.05, 4.69) is 19.7 Å². The highest BCUT2D eigenvalue weighted by Crippen LogP contribution is 2.30. The monoisotopic (exact) mass is 339 g/mol. The summed E-state index contributed by atoms with van der Waals surface area (Å²) >= 11 is 0. The van der Waals surface area contributed by atoms with Crippen LogP contribution in [0.1, 0.15) is 29.5 Å². The molecule has 1 aliphatic rings. The fourth-order valence-corrected chi connectivity index (χ4v) is 3.40. The zero-order valence-corrected chi connectivity index (χ0v) is 14.4. The van der Waals surface area contributed by atoms with Gasteiger partial charge in [0.15, 0.2) is 0 Å². The van der Waals surface area contributed by atoms with Crippen LogP contribution in [0.3, 0.4) is 0 Å². The lowest BCUT2D eigenvalue weighted by molar-refractivity contribution is -0.133. The van der Waals surface area contributed by atoms with Crippen molar-refractivity contribution in [2.24, 2.45) is 7.05 Å². The summed E-state index contributed by atoms with van der Waals surface area (Å²) in [6, 6.07) is 1.68. The highest BCUT2D eigenvalue weighted by molar-refractivity contribution is 5.77. The number of aromatic nitrogens is 6. The molecule has 0 aliphatic carbocycles. The first kappa shape index (κ1) is 15.6. The molecule has 3 aromatic rings. The van der Waals surface area contributed by atoms with Crippen LogP contribution in [0.15, 0.2) is 37.1 Å². The summed E-state index contributed by atoms with van der Waals surface area (Å²) in [6.45, 7) is 3.69. The van der Waals surface area contributed by atoms with Gasteiger partial charge >= 0.3 is 0 Å². The maximum absolute atomic E-state index is 13.1. The standard InChI is InChI=1S/C17H21N7O/c1-13-4-8-23(20-13)12-15(25)24-7-3-6-22-9-5-18-17(22)16(24)14-10-19-21(2)11-14/h4-5,8-11,16H,3,6-7,12H2,1-2H3. The molecule has 3 aromatic heterocycles. The number of rotatable bonds is 3. The van der Waals surface area contributed by atoms with E-state index in [-0.39, 0.29) is 18.5 Å². The SMILES string of the molecule is Cc1ccn(CC(=O)N2CCCn3ccnc3C2c2cnn(C)c2)n1. The van der Waals surface area contributed by atoms with Gasteiger partial charge in [-0.3, -0.25) is 14.2 Å². The Labute approximate surface area is 145 Å². The molecule has 0 spiro atoms. The first-order chi connectivity index (χ1) is 12.1. The van der Waals surface area contributed by atoms with E-state index in [1.54, 1.807) is 15.6 Å². The Morgan fingerprint density at radius 2 is 2.20 bits per heavy atom. The van der Waals surface area contributed by atoms with Crippen molar-refractivity contribution in [3.05, 3.63) is 54.1 Å². The van der Waals surface area contributed by atoms with Crippen molar-refractivity contribution >= 4 is 5.91 Å². The topological polar surface area (TPSA) is 73.8 Å². The Balaban J connectivity index is 1.69. The molecule has 8 heteroatoms. The van der Waals surface area contributed by atoms with Crippen LogP contribution in [-0.4, -0.2) is 46.5 Å². The van der Waals surface area contributed by atoms with Gasteiger partial charge in [-0.15, -0.1) is 0 Å². The fourth-order valence-electron chi connectivity index (χ4n) is 3.40. The summed E-state index contributed by atoms with van der Waals surface area (Å²) in [4.78, 5) is 19.5. The fraction of sp³-hybridized carbons (Fsp3) is 0.412. The highest BCUT2D eigenvalue weighted by Gasteiger charge is 2.32. The van der Waals surface area contributed by atoms with Crippen LogP contribution < -0.4 is 0 Å². The molecule has 25 heavy (non-hydrogen) atoms. The van der Waals surface area contributed by atoms with E-state index in [0.717, 1.165) is 30.0 Å². The Morgan fingerprint density at radius 1 is 1.32 bits per heavy atom. The van der Waals surface area contributed by atoms with Gasteiger partial charge in [0.1, 0.15) is 18.4 Å². The lowest BCUT2D eigenvalue weighted by Gasteiger charge is -2.28. The molecule has 0 N–H and O–H groups in total. The maximum Gasteiger partial charge on any atom is 0.245 e. The average Bonchev–Trinajstić information content (AvgIpc) is 3.28. The van der Waals surface area contributed by atoms with Gasteiger partial charge < -0.3 is 9.47 Å². The molecule has 1 amide bonds. The minimum absolute atomic E-state index is 0.0356. The molecule has 130 valence electrons. The number of carbonyl (C=O) groups is 1. The summed E-state index contributed by atoms with van der Waals surface area (Å²) in [5.74, 6) is 0.920. The van der Waals surface area contributed by atoms with E-state index in [4.69, 9.17) is 0 Å². The van der Waals surface area contributed by atoms with E-state index in [1.165, 1.54) is 0 Å². The highest BCUT2D eigenvalue weighted by atomic mass is 16.2. The summed E-state index contributed by atoms with van der Waals surface area (Å²) < 4.78 is 5.57. The predicted molar refractivity (Wildman–Crippen MR) is 90.6 cm³/mol. The van der Waals surface area contributed by atoms with Gasteiger partial charge in [-0.1, -0.05) is 0 Å². The first-order valence-electron chi connectivity index (χ1n) is 8.41. The minimum Gasteiger partial charge on any atom is -0.333 e. The Hall–Kier alpha value is -2.90. The molecule has 0 radical (unpaired) electrons. The quantitative estimate of drug-likeness (QED) is 0.717. The van der Waals surface area contributed by atoms with Crippen LogP contribution in [0.2, 0.25) is 0 Å². The number of aryl methyl sites for hydroxylation is 3. The predicted octanol–water partition coefficient (Wildman–Crippen LogP) is 1.14. The number of hydrogen-bond donors (Lipinski definition) is 0. The number of hydrogen-bond acceptors (Lipinski definition) is 4. The van der Waals surface area contributed by atoms with Gasteiger partial charge in [0, 0.05) is 50.5 Å². The van der Waals surface area contributed by atoms with E-state index in [0.29, 0.717) is 6.54 Å². The summed E-state index contributed by atoms with van der Waals surface area (Å²) in [7, 11) is 1.88. The lowest BCUT2D eigenvalue weighted by atomic mass is 10.1. The van der Waals surface area contributed by atoms with Crippen molar-refractivity contribution in [1.29, 1.82) is 0 Å². The normalized spacial score (nSPS) is 17.4. The molecular weight excluding hydrogens is 318 g/mol. The molecule has 1 unspecified atom stereocenters. The smallest absolute Gasteiger partial charge is 0.245 e. The molecular formula is C17H21N7O. The summed E-state index contributed by atoms with van der Waals surface area (Å²) in [5.41, 5.74) is 1.88. The Bertz CT molecular complexity index is 890. The third kappa shape index (κ3) is 2.95. The van der Waals surface area contributed by atoms with Crippen molar-refractivity contribution in [3.8, 4) is 0 Å². The average molecular weight is 339 g/mol. The molecule has 0 aromatic carbocycles. The Morgan fingerprint density at radius 3 is 2.92 bits per heavy atom. The van der Waals surface area contributed by atoms with Crippen molar-refractivity contribution in [3.63, 3.8) is 0 Å². The molecule has 1 aliphatic heterocycles. The second-order valence-electron chi connectivity index (χ2n) is 6.42. The maximum atomic E-state index is 13.1. The molecule has 0 fully saturated rings. The van der Waals surface area contributed by atoms with Gasteiger partial charge in [-0.25, -0.2) is 4.98 Å². The van der Waals surface area contributed by atoms with Gasteiger partial charge in [0.2, 0.25) is 5.91 Å². The van der Waals surface area contributed by atoms with E-state index in [9.17, 15) is 4.79 Å². The van der Waals surface area contributed by atoms with Crippen molar-refractivity contribution in [1.82, 2.24) is 34.0 Å². The van der Waals surface area contributed by atoms with E-state index in [1.807, 2.05) is 49.7 Å². The van der Waals surface area contributed by atoms with Crippen LogP contribution in [0.25, 0.3) is 0 Å². The number of nitrogens with zero attached hydrogens (tertiary/aromatic N) is 7. The molecule has 0 bridgehead atoms. The summed E-state index contributed by atoms with van der Waals surface area (Å²) in [6.07, 6.45) is 10.3. The van der Waals surface area contributed by atoms with E-state index < -0.39 is 0 Å². The first-order valence-corrected chi connectivity index (χ1v) is 8.41. The van der Waals surface area contributed by atoms with Crippen LogP contribution in [-0.2, 0) is 24.9 Å². The van der Waals surface area contributed by atoms with E-state index >= 15 is 0 Å².